The third-order valence-electron chi connectivity index (χ3n) is 4.29. The SMILES string of the molecule is Cc1sc2ncn(CC3CC3(Cl)Cl)c(=O)c2c1-c1ccccc1. The summed E-state index contributed by atoms with van der Waals surface area (Å²) in [6.45, 7) is 2.54. The van der Waals surface area contributed by atoms with Gasteiger partial charge in [-0.1, -0.05) is 30.3 Å². The summed E-state index contributed by atoms with van der Waals surface area (Å²) in [5.74, 6) is 0.114. The Bertz CT molecular complexity index is 946. The van der Waals surface area contributed by atoms with Crippen molar-refractivity contribution in [3.05, 3.63) is 51.9 Å². The van der Waals surface area contributed by atoms with Gasteiger partial charge in [0.2, 0.25) is 0 Å². The lowest BCUT2D eigenvalue weighted by atomic mass is 10.0. The van der Waals surface area contributed by atoms with Gasteiger partial charge < -0.3 is 0 Å². The van der Waals surface area contributed by atoms with Crippen LogP contribution in [0, 0.1) is 12.8 Å². The van der Waals surface area contributed by atoms with Crippen LogP contribution in [0.1, 0.15) is 11.3 Å². The number of halogens is 2. The Morgan fingerprint density at radius 1 is 1.35 bits per heavy atom. The molecule has 23 heavy (non-hydrogen) atoms. The van der Waals surface area contributed by atoms with E-state index in [1.165, 1.54) is 0 Å². The van der Waals surface area contributed by atoms with E-state index in [9.17, 15) is 4.79 Å². The molecule has 6 heteroatoms. The van der Waals surface area contributed by atoms with Gasteiger partial charge in [-0.05, 0) is 18.9 Å². The summed E-state index contributed by atoms with van der Waals surface area (Å²) in [5, 5.41) is 0.691. The quantitative estimate of drug-likeness (QED) is 0.635. The van der Waals surface area contributed by atoms with E-state index >= 15 is 0 Å². The number of hydrogen-bond acceptors (Lipinski definition) is 3. The molecule has 0 radical (unpaired) electrons. The minimum Gasteiger partial charge on any atom is -0.298 e. The highest BCUT2D eigenvalue weighted by Gasteiger charge is 2.51. The number of aryl methyl sites for hydroxylation is 1. The normalized spacial score (nSPS) is 19.2. The molecule has 1 aliphatic carbocycles. The van der Waals surface area contributed by atoms with Gasteiger partial charge in [0.1, 0.15) is 9.16 Å². The second-order valence-electron chi connectivity index (χ2n) is 5.94. The van der Waals surface area contributed by atoms with Gasteiger partial charge in [0.15, 0.2) is 0 Å². The molecule has 2 aromatic heterocycles. The number of hydrogen-bond donors (Lipinski definition) is 0. The molecule has 0 saturated heterocycles. The topological polar surface area (TPSA) is 34.9 Å². The Morgan fingerprint density at radius 2 is 2.04 bits per heavy atom. The van der Waals surface area contributed by atoms with Crippen molar-refractivity contribution in [1.82, 2.24) is 9.55 Å². The third-order valence-corrected chi connectivity index (χ3v) is 6.23. The molecular formula is C17H14Cl2N2OS. The van der Waals surface area contributed by atoms with Crippen LogP contribution in [0.2, 0.25) is 0 Å². The summed E-state index contributed by atoms with van der Waals surface area (Å²) < 4.78 is 0.944. The predicted molar refractivity (Wildman–Crippen MR) is 96.6 cm³/mol. The molecule has 1 atom stereocenters. The molecule has 118 valence electrons. The minimum absolute atomic E-state index is 0.0192. The average Bonchev–Trinajstić information content (AvgIpc) is 2.97. The summed E-state index contributed by atoms with van der Waals surface area (Å²) in [7, 11) is 0. The van der Waals surface area contributed by atoms with Crippen molar-refractivity contribution in [2.45, 2.75) is 24.2 Å². The Labute approximate surface area is 147 Å². The van der Waals surface area contributed by atoms with E-state index < -0.39 is 4.33 Å². The monoisotopic (exact) mass is 364 g/mol. The maximum Gasteiger partial charge on any atom is 0.262 e. The van der Waals surface area contributed by atoms with Crippen LogP contribution in [-0.2, 0) is 6.54 Å². The van der Waals surface area contributed by atoms with Crippen LogP contribution in [0.5, 0.6) is 0 Å². The zero-order chi connectivity index (χ0) is 16.2. The fourth-order valence-electron chi connectivity index (χ4n) is 2.93. The van der Waals surface area contributed by atoms with Gasteiger partial charge in [-0.25, -0.2) is 4.98 Å². The fourth-order valence-corrected chi connectivity index (χ4v) is 4.44. The zero-order valence-corrected chi connectivity index (χ0v) is 14.8. The van der Waals surface area contributed by atoms with E-state index in [0.717, 1.165) is 27.3 Å². The summed E-state index contributed by atoms with van der Waals surface area (Å²) >= 11 is 13.7. The van der Waals surface area contributed by atoms with Gasteiger partial charge in [-0.15, -0.1) is 34.5 Å². The first-order valence-corrected chi connectivity index (χ1v) is 8.96. The molecule has 3 nitrogen and oxygen atoms in total. The van der Waals surface area contributed by atoms with Crippen LogP contribution in [0.4, 0.5) is 0 Å². The number of fused-ring (bicyclic) bond motifs is 1. The van der Waals surface area contributed by atoms with Crippen molar-refractivity contribution in [2.24, 2.45) is 5.92 Å². The number of nitrogens with zero attached hydrogens (tertiary/aromatic N) is 2. The lowest BCUT2D eigenvalue weighted by Crippen LogP contribution is -2.22. The Balaban J connectivity index is 1.87. The summed E-state index contributed by atoms with van der Waals surface area (Å²) in [5.41, 5.74) is 2.01. The zero-order valence-electron chi connectivity index (χ0n) is 12.4. The predicted octanol–water partition coefficient (Wildman–Crippen LogP) is 4.63. The molecule has 1 saturated carbocycles. The second-order valence-corrected chi connectivity index (χ2v) is 8.69. The van der Waals surface area contributed by atoms with Crippen LogP contribution < -0.4 is 5.56 Å². The first-order valence-electron chi connectivity index (χ1n) is 7.39. The molecule has 0 amide bonds. The van der Waals surface area contributed by atoms with Crippen LogP contribution in [0.15, 0.2) is 41.5 Å². The summed E-state index contributed by atoms with van der Waals surface area (Å²) in [6.07, 6.45) is 2.33. The Kier molecular flexibility index (Phi) is 3.52. The van der Waals surface area contributed by atoms with Crippen LogP contribution >= 0.6 is 34.5 Å². The Hall–Kier alpha value is -1.36. The highest BCUT2D eigenvalue weighted by atomic mass is 35.5. The molecule has 2 heterocycles. The summed E-state index contributed by atoms with van der Waals surface area (Å²) in [4.78, 5) is 19.3. The smallest absolute Gasteiger partial charge is 0.262 e. The van der Waals surface area contributed by atoms with E-state index in [1.807, 2.05) is 37.3 Å². The molecule has 1 fully saturated rings. The number of aromatic nitrogens is 2. The summed E-state index contributed by atoms with van der Waals surface area (Å²) in [6, 6.07) is 9.97. The van der Waals surface area contributed by atoms with Crippen molar-refractivity contribution in [2.75, 3.05) is 0 Å². The van der Waals surface area contributed by atoms with E-state index in [0.29, 0.717) is 11.9 Å². The highest BCUT2D eigenvalue weighted by molar-refractivity contribution is 7.19. The molecule has 1 aromatic carbocycles. The maximum absolute atomic E-state index is 13.0. The third kappa shape index (κ3) is 2.59. The molecule has 1 unspecified atom stereocenters. The molecule has 0 aliphatic heterocycles. The molecular weight excluding hydrogens is 351 g/mol. The molecule has 0 spiro atoms. The molecule has 3 aromatic rings. The second kappa shape index (κ2) is 5.33. The van der Waals surface area contributed by atoms with Gasteiger partial charge in [0.25, 0.3) is 5.56 Å². The molecule has 0 bridgehead atoms. The van der Waals surface area contributed by atoms with Crippen molar-refractivity contribution in [3.63, 3.8) is 0 Å². The van der Waals surface area contributed by atoms with Crippen LogP contribution in [-0.4, -0.2) is 13.9 Å². The molecule has 1 aliphatic rings. The van der Waals surface area contributed by atoms with E-state index in [4.69, 9.17) is 23.2 Å². The number of thiophene rings is 1. The Morgan fingerprint density at radius 3 is 2.70 bits per heavy atom. The van der Waals surface area contributed by atoms with Gasteiger partial charge in [0, 0.05) is 22.9 Å². The van der Waals surface area contributed by atoms with Crippen molar-refractivity contribution >= 4 is 44.8 Å². The fraction of sp³-hybridized carbons (Fsp3) is 0.294. The lowest BCUT2D eigenvalue weighted by Gasteiger charge is -2.06. The average molecular weight is 365 g/mol. The molecule has 0 N–H and O–H groups in total. The number of alkyl halides is 2. The van der Waals surface area contributed by atoms with Crippen LogP contribution in [0.25, 0.3) is 21.3 Å². The van der Waals surface area contributed by atoms with E-state index in [-0.39, 0.29) is 11.5 Å². The highest BCUT2D eigenvalue weighted by Crippen LogP contribution is 2.53. The lowest BCUT2D eigenvalue weighted by molar-refractivity contribution is 0.597. The van der Waals surface area contributed by atoms with Crippen molar-refractivity contribution < 1.29 is 0 Å². The molecule has 4 rings (SSSR count). The van der Waals surface area contributed by atoms with Gasteiger partial charge in [-0.2, -0.15) is 0 Å². The van der Waals surface area contributed by atoms with E-state index in [1.54, 1.807) is 22.2 Å². The first kappa shape index (κ1) is 15.2. The standard InChI is InChI=1S/C17H14Cl2N2OS/c1-10-13(11-5-3-2-4-6-11)14-15(23-10)20-9-21(16(14)22)8-12-7-17(12,18)19/h2-6,9,12H,7-8H2,1H3. The van der Waals surface area contributed by atoms with Crippen LogP contribution in [0.3, 0.4) is 0 Å². The largest absolute Gasteiger partial charge is 0.298 e. The van der Waals surface area contributed by atoms with Crippen molar-refractivity contribution in [1.29, 1.82) is 0 Å². The number of rotatable bonds is 3. The minimum atomic E-state index is -0.693. The van der Waals surface area contributed by atoms with Gasteiger partial charge >= 0.3 is 0 Å². The van der Waals surface area contributed by atoms with Crippen molar-refractivity contribution in [3.8, 4) is 11.1 Å². The maximum atomic E-state index is 13.0. The van der Waals surface area contributed by atoms with Gasteiger partial charge in [-0.3, -0.25) is 9.36 Å². The van der Waals surface area contributed by atoms with E-state index in [2.05, 4.69) is 4.98 Å². The first-order chi connectivity index (χ1) is 11.0. The number of benzene rings is 1. The van der Waals surface area contributed by atoms with Gasteiger partial charge in [0.05, 0.1) is 11.7 Å².